The van der Waals surface area contributed by atoms with Gasteiger partial charge in [0.15, 0.2) is 0 Å². The van der Waals surface area contributed by atoms with Crippen LogP contribution in [0.5, 0.6) is 0 Å². The van der Waals surface area contributed by atoms with E-state index in [1.54, 1.807) is 17.2 Å². The van der Waals surface area contributed by atoms with Gasteiger partial charge in [0.2, 0.25) is 0 Å². The van der Waals surface area contributed by atoms with Crippen molar-refractivity contribution in [2.45, 2.75) is 32.7 Å². The third kappa shape index (κ3) is 4.37. The Bertz CT molecular complexity index is 1150. The van der Waals surface area contributed by atoms with Gasteiger partial charge in [-0.2, -0.15) is 4.68 Å². The molecule has 0 unspecified atom stereocenters. The molecule has 0 aliphatic rings. The summed E-state index contributed by atoms with van der Waals surface area (Å²) in [5.41, 5.74) is 4.54. The Labute approximate surface area is 180 Å². The van der Waals surface area contributed by atoms with Gasteiger partial charge in [-0.15, -0.1) is 5.10 Å². The van der Waals surface area contributed by atoms with Crippen LogP contribution in [0.1, 0.15) is 41.6 Å². The predicted octanol–water partition coefficient (Wildman–Crippen LogP) is 3.70. The van der Waals surface area contributed by atoms with E-state index in [0.29, 0.717) is 12.2 Å². The van der Waals surface area contributed by atoms with Gasteiger partial charge in [-0.25, -0.2) is 9.78 Å². The number of esters is 1. The molecule has 0 aliphatic heterocycles. The molecule has 0 radical (unpaired) electrons. The number of methoxy groups -OCH3 is 1. The number of nitrogens with zero attached hydrogens (tertiary/aromatic N) is 6. The number of aromatic nitrogens is 6. The molecule has 0 spiro atoms. The molecule has 8 heteroatoms. The molecule has 2 aromatic heterocycles. The number of unbranched alkanes of at least 4 members (excludes halogenated alkanes) is 1. The van der Waals surface area contributed by atoms with Crippen molar-refractivity contribution >= 4 is 5.97 Å². The van der Waals surface area contributed by atoms with Gasteiger partial charge in [0.1, 0.15) is 17.8 Å². The summed E-state index contributed by atoms with van der Waals surface area (Å²) in [4.78, 5) is 16.7. The summed E-state index contributed by atoms with van der Waals surface area (Å²) in [5, 5.41) is 11.5. The van der Waals surface area contributed by atoms with Crippen LogP contribution < -0.4 is 0 Å². The normalized spacial score (nSPS) is 10.9. The van der Waals surface area contributed by atoms with Crippen molar-refractivity contribution in [2.24, 2.45) is 0 Å². The Kier molecular flexibility index (Phi) is 6.16. The molecule has 2 heterocycles. The maximum Gasteiger partial charge on any atom is 0.356 e. The van der Waals surface area contributed by atoms with Crippen LogP contribution in [0.3, 0.4) is 0 Å². The summed E-state index contributed by atoms with van der Waals surface area (Å²) in [7, 11) is 1.39. The highest BCUT2D eigenvalue weighted by molar-refractivity contribution is 5.87. The van der Waals surface area contributed by atoms with Crippen LogP contribution in [-0.4, -0.2) is 42.8 Å². The molecule has 0 fully saturated rings. The van der Waals surface area contributed by atoms with Crippen molar-refractivity contribution in [3.05, 3.63) is 78.1 Å². The lowest BCUT2D eigenvalue weighted by atomic mass is 10.0. The number of carbonyl (C=O) groups excluding carboxylic acids is 1. The summed E-state index contributed by atoms with van der Waals surface area (Å²) in [6.45, 7) is 2.69. The van der Waals surface area contributed by atoms with Gasteiger partial charge < -0.3 is 9.30 Å². The average Bonchev–Trinajstić information content (AvgIpc) is 3.48. The van der Waals surface area contributed by atoms with Crippen LogP contribution in [0.2, 0.25) is 0 Å². The minimum Gasteiger partial charge on any atom is -0.464 e. The van der Waals surface area contributed by atoms with E-state index < -0.39 is 0 Å². The minimum absolute atomic E-state index is 0.373. The van der Waals surface area contributed by atoms with E-state index in [9.17, 15) is 4.79 Å². The van der Waals surface area contributed by atoms with Crippen molar-refractivity contribution in [3.63, 3.8) is 0 Å². The number of para-hydroxylation sites is 1. The van der Waals surface area contributed by atoms with Gasteiger partial charge in [0, 0.05) is 18.5 Å². The molecule has 0 saturated carbocycles. The fourth-order valence-electron chi connectivity index (χ4n) is 3.55. The Morgan fingerprint density at radius 2 is 1.90 bits per heavy atom. The summed E-state index contributed by atoms with van der Waals surface area (Å²) in [6.07, 6.45) is 6.09. The van der Waals surface area contributed by atoms with Gasteiger partial charge in [0.25, 0.3) is 0 Å². The van der Waals surface area contributed by atoms with E-state index in [2.05, 4.69) is 51.7 Å². The highest BCUT2D eigenvalue weighted by atomic mass is 16.5. The monoisotopic (exact) mass is 416 g/mol. The molecular formula is C23H24N6O2. The van der Waals surface area contributed by atoms with Crippen LogP contribution >= 0.6 is 0 Å². The zero-order chi connectivity index (χ0) is 21.6. The fraction of sp³-hybridized carbons (Fsp3) is 0.261. The van der Waals surface area contributed by atoms with Crippen LogP contribution in [0, 0.1) is 0 Å². The van der Waals surface area contributed by atoms with Crippen molar-refractivity contribution in [1.82, 2.24) is 29.8 Å². The maximum atomic E-state index is 12.2. The van der Waals surface area contributed by atoms with Crippen LogP contribution in [0.25, 0.3) is 16.8 Å². The topological polar surface area (TPSA) is 87.7 Å². The van der Waals surface area contributed by atoms with E-state index >= 15 is 0 Å². The highest BCUT2D eigenvalue weighted by Crippen LogP contribution is 2.26. The number of imidazole rings is 1. The third-order valence-electron chi connectivity index (χ3n) is 5.19. The Hall–Kier alpha value is -3.81. The predicted molar refractivity (Wildman–Crippen MR) is 116 cm³/mol. The SMILES string of the molecule is CCCCc1ncc(C(=O)OC)n1Cc1ccc(-c2ccccc2-n2cnnn2)cc1. The molecule has 0 aliphatic carbocycles. The Balaban J connectivity index is 1.62. The first kappa shape index (κ1) is 20.5. The van der Waals surface area contributed by atoms with Gasteiger partial charge in [0.05, 0.1) is 19.0 Å². The zero-order valence-electron chi connectivity index (χ0n) is 17.6. The molecule has 2 aromatic carbocycles. The number of benzene rings is 2. The first-order chi connectivity index (χ1) is 15.2. The van der Waals surface area contributed by atoms with Gasteiger partial charge >= 0.3 is 5.97 Å². The number of hydrogen-bond donors (Lipinski definition) is 0. The average molecular weight is 416 g/mol. The molecule has 0 N–H and O–H groups in total. The lowest BCUT2D eigenvalue weighted by Crippen LogP contribution is -2.14. The first-order valence-corrected chi connectivity index (χ1v) is 10.3. The molecule has 31 heavy (non-hydrogen) atoms. The molecular weight excluding hydrogens is 392 g/mol. The summed E-state index contributed by atoms with van der Waals surface area (Å²) >= 11 is 0. The summed E-state index contributed by atoms with van der Waals surface area (Å²) in [5.74, 6) is 0.526. The largest absolute Gasteiger partial charge is 0.464 e. The number of tetrazole rings is 1. The number of aryl methyl sites for hydroxylation is 1. The highest BCUT2D eigenvalue weighted by Gasteiger charge is 2.17. The fourth-order valence-corrected chi connectivity index (χ4v) is 3.55. The number of carbonyl (C=O) groups is 1. The van der Waals surface area contributed by atoms with Crippen LogP contribution in [0.4, 0.5) is 0 Å². The molecule has 0 amide bonds. The second-order valence-electron chi connectivity index (χ2n) is 7.21. The third-order valence-corrected chi connectivity index (χ3v) is 5.19. The minimum atomic E-state index is -0.373. The van der Waals surface area contributed by atoms with E-state index in [4.69, 9.17) is 4.74 Å². The van der Waals surface area contributed by atoms with Gasteiger partial charge in [-0.05, 0) is 34.0 Å². The van der Waals surface area contributed by atoms with Crippen molar-refractivity contribution in [3.8, 4) is 16.8 Å². The molecule has 0 saturated heterocycles. The van der Waals surface area contributed by atoms with Crippen LogP contribution in [0.15, 0.2) is 61.1 Å². The van der Waals surface area contributed by atoms with Crippen molar-refractivity contribution < 1.29 is 9.53 Å². The Morgan fingerprint density at radius 3 is 2.61 bits per heavy atom. The number of ether oxygens (including phenoxy) is 1. The molecule has 158 valence electrons. The number of hydrogen-bond acceptors (Lipinski definition) is 6. The molecule has 8 nitrogen and oxygen atoms in total. The Morgan fingerprint density at radius 1 is 1.10 bits per heavy atom. The summed E-state index contributed by atoms with van der Waals surface area (Å²) < 4.78 is 8.54. The standard InChI is InChI=1S/C23H24N6O2/c1-3-4-9-22-24-14-21(23(30)31-2)28(22)15-17-10-12-18(13-11-17)19-7-5-6-8-20(19)29-16-25-26-27-29/h5-8,10-14,16H,3-4,9,15H2,1-2H3. The second kappa shape index (κ2) is 9.34. The van der Waals surface area contributed by atoms with E-state index in [1.807, 2.05) is 28.8 Å². The van der Waals surface area contributed by atoms with E-state index in [0.717, 1.165) is 47.5 Å². The second-order valence-corrected chi connectivity index (χ2v) is 7.21. The molecule has 0 bridgehead atoms. The first-order valence-electron chi connectivity index (χ1n) is 10.3. The quantitative estimate of drug-likeness (QED) is 0.407. The van der Waals surface area contributed by atoms with E-state index in [-0.39, 0.29) is 5.97 Å². The van der Waals surface area contributed by atoms with Gasteiger partial charge in [-0.3, -0.25) is 0 Å². The van der Waals surface area contributed by atoms with Crippen molar-refractivity contribution in [1.29, 1.82) is 0 Å². The molecule has 4 aromatic rings. The van der Waals surface area contributed by atoms with E-state index in [1.165, 1.54) is 7.11 Å². The number of rotatable bonds is 8. The maximum absolute atomic E-state index is 12.2. The molecule has 0 atom stereocenters. The smallest absolute Gasteiger partial charge is 0.356 e. The van der Waals surface area contributed by atoms with Crippen LogP contribution in [-0.2, 0) is 17.7 Å². The molecule has 4 rings (SSSR count). The van der Waals surface area contributed by atoms with Crippen molar-refractivity contribution in [2.75, 3.05) is 7.11 Å². The lowest BCUT2D eigenvalue weighted by Gasteiger charge is -2.13. The van der Waals surface area contributed by atoms with Gasteiger partial charge in [-0.1, -0.05) is 55.8 Å². The summed E-state index contributed by atoms with van der Waals surface area (Å²) in [6, 6.07) is 16.2. The zero-order valence-corrected chi connectivity index (χ0v) is 17.6. The lowest BCUT2D eigenvalue weighted by molar-refractivity contribution is 0.0588.